The van der Waals surface area contributed by atoms with Gasteiger partial charge in [0.15, 0.2) is 11.5 Å². The van der Waals surface area contributed by atoms with Crippen LogP contribution in [0.25, 0.3) is 5.78 Å². The number of rotatable bonds is 4. The van der Waals surface area contributed by atoms with Gasteiger partial charge in [-0.1, -0.05) is 11.8 Å². The zero-order valence-electron chi connectivity index (χ0n) is 11.9. The van der Waals surface area contributed by atoms with Gasteiger partial charge in [-0.2, -0.15) is 14.6 Å². The number of nitrogens with zero attached hydrogens (tertiary/aromatic N) is 4. The molecule has 0 aliphatic rings. The molecule has 0 saturated heterocycles. The second-order valence-electron chi connectivity index (χ2n) is 4.33. The summed E-state index contributed by atoms with van der Waals surface area (Å²) in [7, 11) is 3.24. The maximum Gasteiger partial charge on any atom is 0.253 e. The summed E-state index contributed by atoms with van der Waals surface area (Å²) < 4.78 is 12.3. The molecular weight excluding hydrogens is 288 g/mol. The lowest BCUT2D eigenvalue weighted by atomic mass is 10.3. The van der Waals surface area contributed by atoms with E-state index in [2.05, 4.69) is 15.1 Å². The molecule has 0 atom stereocenters. The first kappa shape index (κ1) is 13.7. The van der Waals surface area contributed by atoms with Crippen LogP contribution < -0.4 is 9.47 Å². The van der Waals surface area contributed by atoms with E-state index in [9.17, 15) is 0 Å². The fraction of sp³-hybridized carbons (Fsp3) is 0.214. The predicted octanol–water partition coefficient (Wildman–Crippen LogP) is 2.60. The van der Waals surface area contributed by atoms with Crippen LogP contribution in [-0.2, 0) is 0 Å². The summed E-state index contributed by atoms with van der Waals surface area (Å²) >= 11 is 1.57. The van der Waals surface area contributed by atoms with E-state index in [1.807, 2.05) is 31.2 Å². The second-order valence-corrected chi connectivity index (χ2v) is 5.42. The van der Waals surface area contributed by atoms with E-state index in [0.29, 0.717) is 17.3 Å². The maximum absolute atomic E-state index is 5.33. The second kappa shape index (κ2) is 5.61. The van der Waals surface area contributed by atoms with Gasteiger partial charge in [0.2, 0.25) is 0 Å². The first-order valence-corrected chi connectivity index (χ1v) is 7.10. The van der Waals surface area contributed by atoms with Crippen LogP contribution in [0.5, 0.6) is 11.5 Å². The number of fused-ring (bicyclic) bond motifs is 1. The molecular formula is C14H14N4O2S. The Morgan fingerprint density at radius 2 is 1.90 bits per heavy atom. The predicted molar refractivity (Wildman–Crippen MR) is 79.2 cm³/mol. The van der Waals surface area contributed by atoms with E-state index in [0.717, 1.165) is 15.6 Å². The molecule has 0 amide bonds. The lowest BCUT2D eigenvalue weighted by Gasteiger charge is -2.10. The van der Waals surface area contributed by atoms with Gasteiger partial charge in [-0.05, 0) is 31.2 Å². The van der Waals surface area contributed by atoms with Gasteiger partial charge in [0.05, 0.1) is 14.2 Å². The van der Waals surface area contributed by atoms with E-state index in [1.165, 1.54) is 6.33 Å². The van der Waals surface area contributed by atoms with Crippen molar-refractivity contribution in [3.05, 3.63) is 36.3 Å². The molecule has 0 fully saturated rings. The van der Waals surface area contributed by atoms with Crippen LogP contribution in [0.15, 0.2) is 40.5 Å². The van der Waals surface area contributed by atoms with E-state index in [1.54, 1.807) is 30.5 Å². The number of ether oxygens (including phenoxy) is 2. The third-order valence-electron chi connectivity index (χ3n) is 2.92. The highest BCUT2D eigenvalue weighted by Gasteiger charge is 2.10. The molecule has 2 aromatic heterocycles. The molecule has 0 aliphatic heterocycles. The fourth-order valence-corrected chi connectivity index (χ4v) is 2.96. The fourth-order valence-electron chi connectivity index (χ4n) is 1.97. The number of benzene rings is 1. The number of hydrogen-bond acceptors (Lipinski definition) is 6. The molecule has 2 heterocycles. The Hall–Kier alpha value is -2.28. The van der Waals surface area contributed by atoms with E-state index >= 15 is 0 Å². The van der Waals surface area contributed by atoms with Gasteiger partial charge < -0.3 is 9.47 Å². The van der Waals surface area contributed by atoms with Crippen LogP contribution in [0.4, 0.5) is 0 Å². The third kappa shape index (κ3) is 2.64. The van der Waals surface area contributed by atoms with Gasteiger partial charge in [0, 0.05) is 10.6 Å². The highest BCUT2D eigenvalue weighted by Crippen LogP contribution is 2.35. The van der Waals surface area contributed by atoms with Crippen molar-refractivity contribution in [1.29, 1.82) is 0 Å². The monoisotopic (exact) mass is 302 g/mol. The Morgan fingerprint density at radius 1 is 1.10 bits per heavy atom. The minimum absolute atomic E-state index is 0.595. The molecule has 6 nitrogen and oxygen atoms in total. The first-order chi connectivity index (χ1) is 10.2. The molecule has 0 radical (unpaired) electrons. The van der Waals surface area contributed by atoms with Crippen molar-refractivity contribution in [1.82, 2.24) is 19.6 Å². The molecule has 0 unspecified atom stereocenters. The van der Waals surface area contributed by atoms with E-state index in [-0.39, 0.29) is 0 Å². The average molecular weight is 302 g/mol. The quantitative estimate of drug-likeness (QED) is 0.690. The summed E-state index contributed by atoms with van der Waals surface area (Å²) in [6.07, 6.45) is 1.50. The maximum atomic E-state index is 5.33. The Morgan fingerprint density at radius 3 is 2.67 bits per heavy atom. The zero-order chi connectivity index (χ0) is 14.8. The zero-order valence-corrected chi connectivity index (χ0v) is 12.7. The smallest absolute Gasteiger partial charge is 0.253 e. The minimum atomic E-state index is 0.595. The number of methoxy groups -OCH3 is 2. The van der Waals surface area contributed by atoms with Crippen molar-refractivity contribution < 1.29 is 9.47 Å². The van der Waals surface area contributed by atoms with Gasteiger partial charge in [0.25, 0.3) is 5.78 Å². The summed E-state index contributed by atoms with van der Waals surface area (Å²) in [4.78, 5) is 9.48. The molecule has 1 aromatic carbocycles. The van der Waals surface area contributed by atoms with Crippen molar-refractivity contribution in [2.75, 3.05) is 14.2 Å². The summed E-state index contributed by atoms with van der Waals surface area (Å²) in [5.74, 6) is 2.00. The molecule has 21 heavy (non-hydrogen) atoms. The van der Waals surface area contributed by atoms with Crippen LogP contribution in [0.3, 0.4) is 0 Å². The standard InChI is InChI=1S/C14H14N4O2S/c1-9-6-13(18-14(17-9)15-8-16-18)21-10-4-5-11(19-2)12(7-10)20-3/h4-8H,1-3H3. The van der Waals surface area contributed by atoms with Crippen LogP contribution in [-0.4, -0.2) is 33.8 Å². The third-order valence-corrected chi connectivity index (χ3v) is 3.91. The van der Waals surface area contributed by atoms with Gasteiger partial charge in [-0.15, -0.1) is 0 Å². The van der Waals surface area contributed by atoms with Crippen molar-refractivity contribution in [3.63, 3.8) is 0 Å². The van der Waals surface area contributed by atoms with Gasteiger partial charge in [-0.3, -0.25) is 0 Å². The van der Waals surface area contributed by atoms with Crippen molar-refractivity contribution in [2.45, 2.75) is 16.8 Å². The Labute approximate surface area is 126 Å². The molecule has 7 heteroatoms. The summed E-state index contributed by atoms with van der Waals surface area (Å²) in [6, 6.07) is 7.77. The lowest BCUT2D eigenvalue weighted by molar-refractivity contribution is 0.354. The van der Waals surface area contributed by atoms with Gasteiger partial charge in [0.1, 0.15) is 11.4 Å². The Kier molecular flexibility index (Phi) is 3.66. The Balaban J connectivity index is 2.00. The summed E-state index contributed by atoms with van der Waals surface area (Å²) in [5.41, 5.74) is 0.901. The normalized spacial score (nSPS) is 10.8. The van der Waals surface area contributed by atoms with Crippen LogP contribution >= 0.6 is 11.8 Å². The first-order valence-electron chi connectivity index (χ1n) is 6.28. The van der Waals surface area contributed by atoms with Crippen LogP contribution in [0.2, 0.25) is 0 Å². The molecule has 0 bridgehead atoms. The van der Waals surface area contributed by atoms with Crippen molar-refractivity contribution in [3.8, 4) is 11.5 Å². The van der Waals surface area contributed by atoms with Crippen LogP contribution in [0, 0.1) is 6.92 Å². The van der Waals surface area contributed by atoms with Gasteiger partial charge >= 0.3 is 0 Å². The highest BCUT2D eigenvalue weighted by atomic mass is 32.2. The molecule has 3 aromatic rings. The van der Waals surface area contributed by atoms with Crippen LogP contribution in [0.1, 0.15) is 5.69 Å². The molecule has 0 spiro atoms. The van der Waals surface area contributed by atoms with E-state index in [4.69, 9.17) is 9.47 Å². The SMILES string of the molecule is COc1ccc(Sc2cc(C)nc3ncnn23)cc1OC. The molecule has 0 saturated carbocycles. The van der Waals surface area contributed by atoms with Gasteiger partial charge in [-0.25, -0.2) is 4.98 Å². The number of aromatic nitrogens is 4. The lowest BCUT2D eigenvalue weighted by Crippen LogP contribution is -1.97. The number of hydrogen-bond donors (Lipinski definition) is 0. The van der Waals surface area contributed by atoms with Crippen molar-refractivity contribution in [2.24, 2.45) is 0 Å². The molecule has 0 aliphatic carbocycles. The number of aryl methyl sites for hydroxylation is 1. The topological polar surface area (TPSA) is 61.5 Å². The summed E-state index contributed by atoms with van der Waals surface area (Å²) in [6.45, 7) is 1.94. The Bertz CT molecular complexity index is 788. The highest BCUT2D eigenvalue weighted by molar-refractivity contribution is 7.99. The minimum Gasteiger partial charge on any atom is -0.493 e. The summed E-state index contributed by atoms with van der Waals surface area (Å²) in [5, 5.41) is 5.15. The largest absolute Gasteiger partial charge is 0.493 e. The average Bonchev–Trinajstić information content (AvgIpc) is 2.95. The van der Waals surface area contributed by atoms with Crippen molar-refractivity contribution >= 4 is 17.5 Å². The molecule has 108 valence electrons. The molecule has 0 N–H and O–H groups in total. The van der Waals surface area contributed by atoms with E-state index < -0.39 is 0 Å². The molecule has 3 rings (SSSR count).